The zero-order valence-corrected chi connectivity index (χ0v) is 11.4. The Morgan fingerprint density at radius 3 is 2.40 bits per heavy atom. The quantitative estimate of drug-likeness (QED) is 0.821. The molecule has 2 rings (SSSR count). The van der Waals surface area contributed by atoms with Gasteiger partial charge in [-0.3, -0.25) is 14.5 Å². The number of primary amides is 1. The fourth-order valence-electron chi connectivity index (χ4n) is 2.35. The Morgan fingerprint density at radius 2 is 1.90 bits per heavy atom. The highest BCUT2D eigenvalue weighted by atomic mass is 19.1. The molecule has 108 valence electrons. The highest BCUT2D eigenvalue weighted by Gasteiger charge is 2.20. The van der Waals surface area contributed by atoms with E-state index in [1.807, 2.05) is 9.80 Å². The summed E-state index contributed by atoms with van der Waals surface area (Å²) in [5.74, 6) is -0.891. The van der Waals surface area contributed by atoms with Crippen LogP contribution in [0.2, 0.25) is 0 Å². The van der Waals surface area contributed by atoms with Crippen molar-refractivity contribution >= 4 is 17.4 Å². The number of nitrogens with two attached hydrogens (primary N) is 1. The minimum absolute atomic E-state index is 0.151. The number of halogens is 1. The Kier molecular flexibility index (Phi) is 4.34. The standard InChI is InChI=1S/C14H18FN3O2/c1-10(19)11-2-3-13(12(15)8-11)18-6-4-17(5-7-18)9-14(16)20/h2-3,8H,4-7,9H2,1H3,(H2,16,20). The normalized spacial score (nSPS) is 16.2. The number of carbonyl (C=O) groups is 2. The number of benzene rings is 1. The zero-order valence-electron chi connectivity index (χ0n) is 11.4. The Morgan fingerprint density at radius 1 is 1.25 bits per heavy atom. The molecule has 20 heavy (non-hydrogen) atoms. The van der Waals surface area contributed by atoms with Crippen LogP contribution in [0, 0.1) is 5.82 Å². The average molecular weight is 279 g/mol. The van der Waals surface area contributed by atoms with E-state index >= 15 is 0 Å². The number of ketones is 1. The molecular weight excluding hydrogens is 261 g/mol. The minimum Gasteiger partial charge on any atom is -0.369 e. The highest BCUT2D eigenvalue weighted by Crippen LogP contribution is 2.22. The summed E-state index contributed by atoms with van der Waals surface area (Å²) in [6, 6.07) is 4.54. The highest BCUT2D eigenvalue weighted by molar-refractivity contribution is 5.94. The summed E-state index contributed by atoms with van der Waals surface area (Å²) in [7, 11) is 0. The van der Waals surface area contributed by atoms with Gasteiger partial charge in [0.15, 0.2) is 5.78 Å². The van der Waals surface area contributed by atoms with Gasteiger partial charge in [-0.15, -0.1) is 0 Å². The maximum Gasteiger partial charge on any atom is 0.231 e. The van der Waals surface area contributed by atoms with E-state index in [4.69, 9.17) is 5.73 Å². The molecule has 2 N–H and O–H groups in total. The first-order valence-corrected chi connectivity index (χ1v) is 6.53. The van der Waals surface area contributed by atoms with Gasteiger partial charge >= 0.3 is 0 Å². The number of anilines is 1. The molecule has 1 heterocycles. The summed E-state index contributed by atoms with van der Waals surface area (Å²) in [6.45, 7) is 4.23. The second kappa shape index (κ2) is 6.00. The maximum absolute atomic E-state index is 14.0. The van der Waals surface area contributed by atoms with Crippen molar-refractivity contribution < 1.29 is 14.0 Å². The smallest absolute Gasteiger partial charge is 0.231 e. The molecule has 0 aliphatic carbocycles. The lowest BCUT2D eigenvalue weighted by molar-refractivity contribution is -0.119. The number of hydrogen-bond acceptors (Lipinski definition) is 4. The molecule has 1 aromatic carbocycles. The van der Waals surface area contributed by atoms with Crippen molar-refractivity contribution in [1.82, 2.24) is 4.90 Å². The van der Waals surface area contributed by atoms with Gasteiger partial charge in [0.05, 0.1) is 12.2 Å². The van der Waals surface area contributed by atoms with Gasteiger partial charge in [-0.1, -0.05) is 0 Å². The van der Waals surface area contributed by atoms with Crippen molar-refractivity contribution in [2.45, 2.75) is 6.92 Å². The van der Waals surface area contributed by atoms with Crippen LogP contribution < -0.4 is 10.6 Å². The second-order valence-electron chi connectivity index (χ2n) is 4.95. The number of carbonyl (C=O) groups excluding carboxylic acids is 2. The second-order valence-corrected chi connectivity index (χ2v) is 4.95. The summed E-state index contributed by atoms with van der Waals surface area (Å²) in [6.07, 6.45) is 0. The number of amides is 1. The average Bonchev–Trinajstić information content (AvgIpc) is 2.39. The number of Topliss-reactive ketones (excluding diaryl/α,β-unsaturated/α-hetero) is 1. The van der Waals surface area contributed by atoms with Crippen LogP contribution >= 0.6 is 0 Å². The lowest BCUT2D eigenvalue weighted by atomic mass is 10.1. The van der Waals surface area contributed by atoms with Gasteiger partial charge in [-0.2, -0.15) is 0 Å². The predicted molar refractivity (Wildman–Crippen MR) is 74.3 cm³/mol. The number of rotatable bonds is 4. The molecule has 0 unspecified atom stereocenters. The van der Waals surface area contributed by atoms with Gasteiger partial charge < -0.3 is 10.6 Å². The molecule has 1 amide bonds. The van der Waals surface area contributed by atoms with Crippen molar-refractivity contribution in [2.75, 3.05) is 37.6 Å². The van der Waals surface area contributed by atoms with Crippen molar-refractivity contribution in [3.05, 3.63) is 29.6 Å². The minimum atomic E-state index is -0.388. The van der Waals surface area contributed by atoms with Gasteiger partial charge in [-0.05, 0) is 25.1 Å². The summed E-state index contributed by atoms with van der Waals surface area (Å²) >= 11 is 0. The van der Waals surface area contributed by atoms with E-state index < -0.39 is 0 Å². The molecule has 0 bridgehead atoms. The first-order valence-electron chi connectivity index (χ1n) is 6.53. The van der Waals surface area contributed by atoms with Gasteiger partial charge in [0.2, 0.25) is 5.91 Å². The molecule has 0 radical (unpaired) electrons. The van der Waals surface area contributed by atoms with Gasteiger partial charge in [-0.25, -0.2) is 4.39 Å². The van der Waals surface area contributed by atoms with E-state index in [0.717, 1.165) is 0 Å². The van der Waals surface area contributed by atoms with Crippen LogP contribution in [0.5, 0.6) is 0 Å². The van der Waals surface area contributed by atoms with Crippen molar-refractivity contribution in [1.29, 1.82) is 0 Å². The molecule has 0 aromatic heterocycles. The monoisotopic (exact) mass is 279 g/mol. The predicted octanol–water partition coefficient (Wildman–Crippen LogP) is 0.636. The summed E-state index contributed by atoms with van der Waals surface area (Å²) in [4.78, 5) is 25.9. The SMILES string of the molecule is CC(=O)c1ccc(N2CCN(CC(N)=O)CC2)c(F)c1. The molecule has 0 saturated carbocycles. The number of piperazine rings is 1. The van der Waals surface area contributed by atoms with Crippen molar-refractivity contribution in [3.63, 3.8) is 0 Å². The molecule has 6 heteroatoms. The molecular formula is C14H18FN3O2. The van der Waals surface area contributed by atoms with Crippen LogP contribution in [0.25, 0.3) is 0 Å². The largest absolute Gasteiger partial charge is 0.369 e. The Bertz CT molecular complexity index is 525. The molecule has 0 spiro atoms. The number of hydrogen-bond donors (Lipinski definition) is 1. The van der Waals surface area contributed by atoms with Crippen molar-refractivity contribution in [2.24, 2.45) is 5.73 Å². The van der Waals surface area contributed by atoms with Crippen LogP contribution in [0.3, 0.4) is 0 Å². The van der Waals surface area contributed by atoms with Gasteiger partial charge in [0, 0.05) is 31.7 Å². The molecule has 1 aliphatic heterocycles. The third-order valence-electron chi connectivity index (χ3n) is 3.45. The first-order chi connectivity index (χ1) is 9.47. The molecule has 1 saturated heterocycles. The molecule has 0 atom stereocenters. The van der Waals surface area contributed by atoms with Crippen LogP contribution in [-0.2, 0) is 4.79 Å². The lowest BCUT2D eigenvalue weighted by Crippen LogP contribution is -2.49. The van der Waals surface area contributed by atoms with Crippen LogP contribution in [0.1, 0.15) is 17.3 Å². The molecule has 1 fully saturated rings. The van der Waals surface area contributed by atoms with Gasteiger partial charge in [0.25, 0.3) is 0 Å². The summed E-state index contributed by atoms with van der Waals surface area (Å²) in [5, 5.41) is 0. The fraction of sp³-hybridized carbons (Fsp3) is 0.429. The lowest BCUT2D eigenvalue weighted by Gasteiger charge is -2.35. The van der Waals surface area contributed by atoms with Crippen LogP contribution in [0.4, 0.5) is 10.1 Å². The third kappa shape index (κ3) is 3.33. The first kappa shape index (κ1) is 14.5. The van der Waals surface area contributed by atoms with E-state index in [1.54, 1.807) is 12.1 Å². The molecule has 5 nitrogen and oxygen atoms in total. The fourth-order valence-corrected chi connectivity index (χ4v) is 2.35. The molecule has 1 aromatic rings. The van der Waals surface area contributed by atoms with E-state index in [1.165, 1.54) is 13.0 Å². The van der Waals surface area contributed by atoms with Crippen LogP contribution in [-0.4, -0.2) is 49.3 Å². The topological polar surface area (TPSA) is 66.6 Å². The number of nitrogens with zero attached hydrogens (tertiary/aromatic N) is 2. The van der Waals surface area contributed by atoms with Crippen LogP contribution in [0.15, 0.2) is 18.2 Å². The summed E-state index contributed by atoms with van der Waals surface area (Å²) in [5.41, 5.74) is 6.02. The Balaban J connectivity index is 2.03. The zero-order chi connectivity index (χ0) is 14.7. The maximum atomic E-state index is 14.0. The van der Waals surface area contributed by atoms with E-state index in [2.05, 4.69) is 0 Å². The van der Waals surface area contributed by atoms with E-state index in [-0.39, 0.29) is 24.1 Å². The van der Waals surface area contributed by atoms with E-state index in [0.29, 0.717) is 37.4 Å². The summed E-state index contributed by atoms with van der Waals surface area (Å²) < 4.78 is 14.0. The third-order valence-corrected chi connectivity index (χ3v) is 3.45. The van der Waals surface area contributed by atoms with Gasteiger partial charge in [0.1, 0.15) is 5.82 Å². The Hall–Kier alpha value is -1.95. The Labute approximate surface area is 117 Å². The molecule has 1 aliphatic rings. The van der Waals surface area contributed by atoms with E-state index in [9.17, 15) is 14.0 Å². The van der Waals surface area contributed by atoms with Crippen molar-refractivity contribution in [3.8, 4) is 0 Å².